The first-order valence-electron chi connectivity index (χ1n) is 11.0. The van der Waals surface area contributed by atoms with Crippen molar-refractivity contribution in [3.63, 3.8) is 0 Å². The molecule has 0 atom stereocenters. The Labute approximate surface area is 239 Å². The number of rotatable bonds is 9. The second-order valence-electron chi connectivity index (χ2n) is 7.85. The van der Waals surface area contributed by atoms with Gasteiger partial charge in [-0.2, -0.15) is 0 Å². The van der Waals surface area contributed by atoms with Crippen molar-refractivity contribution in [3.8, 4) is 11.3 Å². The molecule has 4 rings (SSSR count). The van der Waals surface area contributed by atoms with Crippen LogP contribution in [0, 0.1) is 0 Å². The van der Waals surface area contributed by atoms with Crippen LogP contribution in [-0.4, -0.2) is 44.7 Å². The highest BCUT2D eigenvalue weighted by molar-refractivity contribution is 8.00. The van der Waals surface area contributed by atoms with Gasteiger partial charge >= 0.3 is 11.9 Å². The van der Waals surface area contributed by atoms with Crippen molar-refractivity contribution in [1.82, 2.24) is 4.98 Å². The van der Waals surface area contributed by atoms with E-state index in [2.05, 4.69) is 15.6 Å². The zero-order valence-corrected chi connectivity index (χ0v) is 22.7. The zero-order valence-electron chi connectivity index (χ0n) is 19.6. The fourth-order valence-corrected chi connectivity index (χ4v) is 5.04. The summed E-state index contributed by atoms with van der Waals surface area (Å²) in [5.74, 6) is -3.56. The van der Waals surface area contributed by atoms with Gasteiger partial charge in [0.15, 0.2) is 5.13 Å². The molecule has 0 saturated heterocycles. The lowest BCUT2D eigenvalue weighted by atomic mass is 10.0. The Balaban J connectivity index is 1.32. The van der Waals surface area contributed by atoms with Crippen molar-refractivity contribution in [2.24, 2.45) is 0 Å². The van der Waals surface area contributed by atoms with Gasteiger partial charge in [-0.25, -0.2) is 14.6 Å². The van der Waals surface area contributed by atoms with Crippen LogP contribution in [-0.2, 0) is 4.79 Å². The highest BCUT2D eigenvalue weighted by Crippen LogP contribution is 2.30. The van der Waals surface area contributed by atoms with E-state index in [0.717, 1.165) is 28.7 Å². The van der Waals surface area contributed by atoms with Crippen LogP contribution < -0.4 is 10.6 Å². The number of thiazole rings is 1. The first-order chi connectivity index (χ1) is 18.6. The first-order valence-corrected chi connectivity index (χ1v) is 13.6. The van der Waals surface area contributed by atoms with E-state index < -0.39 is 23.4 Å². The molecule has 4 N–H and O–H groups in total. The minimum atomic E-state index is -1.42. The number of carboxylic acid groups (broad SMARTS) is 2. The molecular weight excluding hydrogens is 585 g/mol. The molecule has 9 nitrogen and oxygen atoms in total. The Morgan fingerprint density at radius 2 is 1.59 bits per heavy atom. The molecule has 0 bridgehead atoms. The number of aromatic carboxylic acids is 2. The highest BCUT2D eigenvalue weighted by Gasteiger charge is 2.19. The monoisotopic (exact) mass is 601 g/mol. The maximum atomic E-state index is 12.6. The number of nitrogens with zero attached hydrogens (tertiary/aromatic N) is 1. The number of halogens is 2. The minimum Gasteiger partial charge on any atom is -0.478 e. The lowest BCUT2D eigenvalue weighted by molar-refractivity contribution is -0.113. The molecule has 0 aliphatic rings. The average Bonchev–Trinajstić information content (AvgIpc) is 3.37. The molecule has 1 heterocycles. The van der Waals surface area contributed by atoms with Gasteiger partial charge in [0, 0.05) is 21.5 Å². The fourth-order valence-electron chi connectivity index (χ4n) is 3.31. The minimum absolute atomic E-state index is 0.116. The van der Waals surface area contributed by atoms with Gasteiger partial charge in [-0.05, 0) is 54.6 Å². The molecule has 0 aliphatic carbocycles. The van der Waals surface area contributed by atoms with E-state index in [1.807, 2.05) is 0 Å². The van der Waals surface area contributed by atoms with Crippen LogP contribution in [0.2, 0.25) is 10.0 Å². The van der Waals surface area contributed by atoms with Gasteiger partial charge in [0.1, 0.15) is 0 Å². The van der Waals surface area contributed by atoms with Crippen LogP contribution in [0.3, 0.4) is 0 Å². The number of hydrogen-bond acceptors (Lipinski definition) is 7. The van der Waals surface area contributed by atoms with Crippen molar-refractivity contribution < 1.29 is 29.4 Å². The maximum Gasteiger partial charge on any atom is 0.336 e. The molecule has 0 spiro atoms. The molecule has 2 amide bonds. The van der Waals surface area contributed by atoms with Gasteiger partial charge in [-0.15, -0.1) is 23.1 Å². The van der Waals surface area contributed by atoms with Crippen molar-refractivity contribution in [3.05, 3.63) is 92.8 Å². The van der Waals surface area contributed by atoms with E-state index in [0.29, 0.717) is 26.6 Å². The Hall–Kier alpha value is -3.90. The lowest BCUT2D eigenvalue weighted by Crippen LogP contribution is -2.17. The van der Waals surface area contributed by atoms with Crippen LogP contribution in [0.1, 0.15) is 31.1 Å². The number of hydrogen-bond donors (Lipinski definition) is 4. The summed E-state index contributed by atoms with van der Waals surface area (Å²) in [5, 5.41) is 26.9. The number of thioether (sulfide) groups is 1. The maximum absolute atomic E-state index is 12.6. The summed E-state index contributed by atoms with van der Waals surface area (Å²) in [6.07, 6.45) is 0. The fraction of sp³-hybridized carbons (Fsp3) is 0.0385. The number of anilines is 2. The average molecular weight is 602 g/mol. The van der Waals surface area contributed by atoms with Crippen molar-refractivity contribution in [1.29, 1.82) is 0 Å². The summed E-state index contributed by atoms with van der Waals surface area (Å²) in [4.78, 5) is 52.8. The van der Waals surface area contributed by atoms with Crippen LogP contribution in [0.4, 0.5) is 10.8 Å². The Morgan fingerprint density at radius 3 is 2.26 bits per heavy atom. The standard InChI is InChI=1S/C26H17Cl2N3O6S2/c27-19-8-2-13(10-20(19)28)21-11-39-26(30-21)31-22(32)12-38-16-5-3-15(4-6-16)29-23(33)17-7-1-14(24(34)35)9-18(17)25(36)37/h1-11H,12H2,(H,29,33)(H,34,35)(H,36,37)(H,30,31,32). The van der Waals surface area contributed by atoms with E-state index in [-0.39, 0.29) is 22.8 Å². The third-order valence-corrected chi connectivity index (χ3v) is 7.70. The summed E-state index contributed by atoms with van der Waals surface area (Å²) < 4.78 is 0. The topological polar surface area (TPSA) is 146 Å². The normalized spacial score (nSPS) is 10.6. The quantitative estimate of drug-likeness (QED) is 0.159. The number of benzene rings is 3. The summed E-state index contributed by atoms with van der Waals surface area (Å²) in [5.41, 5.74) is 0.995. The van der Waals surface area contributed by atoms with Gasteiger partial charge in [0.05, 0.1) is 38.2 Å². The SMILES string of the molecule is O=C(CSc1ccc(NC(=O)c2ccc(C(=O)O)cc2C(=O)O)cc1)Nc1nc(-c2ccc(Cl)c(Cl)c2)cs1. The zero-order chi connectivity index (χ0) is 28.1. The molecular formula is C26H17Cl2N3O6S2. The molecule has 0 radical (unpaired) electrons. The summed E-state index contributed by atoms with van der Waals surface area (Å²) in [6.45, 7) is 0. The second kappa shape index (κ2) is 12.3. The van der Waals surface area contributed by atoms with Gasteiger partial charge in [-0.3, -0.25) is 9.59 Å². The molecule has 0 unspecified atom stereocenters. The molecule has 4 aromatic rings. The molecule has 0 saturated carbocycles. The molecule has 1 aromatic heterocycles. The predicted octanol–water partition coefficient (Wildman–Crippen LogP) is 6.50. The van der Waals surface area contributed by atoms with Crippen LogP contribution in [0.15, 0.2) is 70.9 Å². The predicted molar refractivity (Wildman–Crippen MR) is 152 cm³/mol. The number of aromatic nitrogens is 1. The summed E-state index contributed by atoms with van der Waals surface area (Å²) >= 11 is 14.6. The Bertz CT molecular complexity index is 1590. The molecule has 3 aromatic carbocycles. The van der Waals surface area contributed by atoms with Crippen LogP contribution >= 0.6 is 46.3 Å². The summed E-state index contributed by atoms with van der Waals surface area (Å²) in [6, 6.07) is 15.0. The summed E-state index contributed by atoms with van der Waals surface area (Å²) in [7, 11) is 0. The molecule has 13 heteroatoms. The van der Waals surface area contributed by atoms with E-state index in [1.54, 1.807) is 47.8 Å². The van der Waals surface area contributed by atoms with Crippen molar-refractivity contribution >= 4 is 80.9 Å². The number of carbonyl (C=O) groups excluding carboxylic acids is 2. The van der Waals surface area contributed by atoms with E-state index in [1.165, 1.54) is 23.1 Å². The number of carbonyl (C=O) groups is 4. The van der Waals surface area contributed by atoms with Gasteiger partial charge < -0.3 is 20.8 Å². The Kier molecular flexibility index (Phi) is 8.87. The molecule has 198 valence electrons. The number of amides is 2. The van der Waals surface area contributed by atoms with E-state index >= 15 is 0 Å². The first kappa shape index (κ1) is 28.1. The van der Waals surface area contributed by atoms with Crippen LogP contribution in [0.25, 0.3) is 11.3 Å². The van der Waals surface area contributed by atoms with Crippen molar-refractivity contribution in [2.75, 3.05) is 16.4 Å². The smallest absolute Gasteiger partial charge is 0.336 e. The number of nitrogens with one attached hydrogen (secondary N) is 2. The third kappa shape index (κ3) is 7.15. The second-order valence-corrected chi connectivity index (χ2v) is 10.6. The highest BCUT2D eigenvalue weighted by atomic mass is 35.5. The van der Waals surface area contributed by atoms with Crippen LogP contribution in [0.5, 0.6) is 0 Å². The molecule has 0 aliphatic heterocycles. The van der Waals surface area contributed by atoms with Crippen molar-refractivity contribution in [2.45, 2.75) is 4.90 Å². The van der Waals surface area contributed by atoms with Gasteiger partial charge in [0.2, 0.25) is 5.91 Å². The number of carboxylic acids is 2. The van der Waals surface area contributed by atoms with Gasteiger partial charge in [0.25, 0.3) is 5.91 Å². The Morgan fingerprint density at radius 1 is 0.846 bits per heavy atom. The molecule has 39 heavy (non-hydrogen) atoms. The van der Waals surface area contributed by atoms with Gasteiger partial charge in [-0.1, -0.05) is 29.3 Å². The third-order valence-electron chi connectivity index (χ3n) is 5.19. The van der Waals surface area contributed by atoms with E-state index in [4.69, 9.17) is 28.3 Å². The van der Waals surface area contributed by atoms with E-state index in [9.17, 15) is 24.3 Å². The largest absolute Gasteiger partial charge is 0.478 e. The molecule has 0 fully saturated rings. The lowest BCUT2D eigenvalue weighted by Gasteiger charge is -2.09.